The van der Waals surface area contributed by atoms with E-state index in [1.807, 2.05) is 45.0 Å². The summed E-state index contributed by atoms with van der Waals surface area (Å²) >= 11 is 0. The van der Waals surface area contributed by atoms with Gasteiger partial charge in [0.1, 0.15) is 5.75 Å². The molecule has 2 aromatic carbocycles. The topological polar surface area (TPSA) is 35.2 Å². The average Bonchev–Trinajstić information content (AvgIpc) is 2.47. The predicted molar refractivity (Wildman–Crippen MR) is 88.7 cm³/mol. The number of aryl methyl sites for hydroxylation is 1. The summed E-state index contributed by atoms with van der Waals surface area (Å²) in [6.45, 7) is 8.25. The first kappa shape index (κ1) is 15.6. The normalized spacial score (nSPS) is 14.0. The van der Waals surface area contributed by atoms with Gasteiger partial charge in [0.25, 0.3) is 0 Å². The zero-order valence-electron chi connectivity index (χ0n) is 13.4. The van der Waals surface area contributed by atoms with E-state index in [4.69, 9.17) is 10.5 Å². The molecular weight excluding hydrogens is 258 g/mol. The quantitative estimate of drug-likeness (QED) is 0.890. The maximum atomic E-state index is 6.56. The van der Waals surface area contributed by atoms with E-state index in [1.165, 1.54) is 5.56 Å². The Labute approximate surface area is 127 Å². The van der Waals surface area contributed by atoms with Gasteiger partial charge in [-0.15, -0.1) is 0 Å². The molecule has 2 heteroatoms. The van der Waals surface area contributed by atoms with Gasteiger partial charge in [-0.2, -0.15) is 0 Å². The first-order valence-corrected chi connectivity index (χ1v) is 7.59. The van der Waals surface area contributed by atoms with Crippen LogP contribution in [0.15, 0.2) is 48.5 Å². The van der Waals surface area contributed by atoms with E-state index >= 15 is 0 Å². The summed E-state index contributed by atoms with van der Waals surface area (Å²) in [5.74, 6) is 0.880. The smallest absolute Gasteiger partial charge is 0.119 e. The van der Waals surface area contributed by atoms with Crippen molar-refractivity contribution in [3.05, 3.63) is 65.2 Å². The van der Waals surface area contributed by atoms with Crippen LogP contribution >= 0.6 is 0 Å². The summed E-state index contributed by atoms with van der Waals surface area (Å²) in [5, 5.41) is 0. The van der Waals surface area contributed by atoms with E-state index in [9.17, 15) is 0 Å². The van der Waals surface area contributed by atoms with Gasteiger partial charge in [-0.05, 0) is 56.0 Å². The number of hydrogen-bond donors (Lipinski definition) is 1. The lowest BCUT2D eigenvalue weighted by molar-refractivity contribution is 0.242. The second-order valence-electron chi connectivity index (χ2n) is 5.94. The van der Waals surface area contributed by atoms with E-state index in [1.54, 1.807) is 0 Å². The van der Waals surface area contributed by atoms with Crippen molar-refractivity contribution in [2.45, 2.75) is 45.8 Å². The van der Waals surface area contributed by atoms with E-state index in [-0.39, 0.29) is 6.10 Å². The van der Waals surface area contributed by atoms with Crippen LogP contribution in [-0.4, -0.2) is 6.10 Å². The van der Waals surface area contributed by atoms with E-state index in [0.717, 1.165) is 23.3 Å². The van der Waals surface area contributed by atoms with Gasteiger partial charge < -0.3 is 10.5 Å². The largest absolute Gasteiger partial charge is 0.491 e. The Morgan fingerprint density at radius 2 is 1.43 bits per heavy atom. The number of benzene rings is 2. The molecule has 0 amide bonds. The minimum absolute atomic E-state index is 0.182. The standard InChI is InChI=1S/C19H25NO/c1-5-15-6-8-16(9-7-15)19(4,20)17-10-12-18(13-11-17)21-14(2)3/h6-14H,5,20H2,1-4H3. The van der Waals surface area contributed by atoms with Crippen LogP contribution in [-0.2, 0) is 12.0 Å². The van der Waals surface area contributed by atoms with Gasteiger partial charge in [0.15, 0.2) is 0 Å². The van der Waals surface area contributed by atoms with Gasteiger partial charge in [0.2, 0.25) is 0 Å². The van der Waals surface area contributed by atoms with Crippen LogP contribution < -0.4 is 10.5 Å². The highest BCUT2D eigenvalue weighted by atomic mass is 16.5. The van der Waals surface area contributed by atoms with Crippen molar-refractivity contribution in [2.75, 3.05) is 0 Å². The molecule has 0 aliphatic heterocycles. The minimum Gasteiger partial charge on any atom is -0.491 e. The third-order valence-electron chi connectivity index (χ3n) is 3.79. The Morgan fingerprint density at radius 3 is 1.86 bits per heavy atom. The lowest BCUT2D eigenvalue weighted by atomic mass is 9.85. The zero-order valence-corrected chi connectivity index (χ0v) is 13.4. The van der Waals surface area contributed by atoms with Crippen LogP contribution in [0.2, 0.25) is 0 Å². The fraction of sp³-hybridized carbons (Fsp3) is 0.368. The molecule has 0 aromatic heterocycles. The van der Waals surface area contributed by atoms with Crippen molar-refractivity contribution < 1.29 is 4.74 Å². The lowest BCUT2D eigenvalue weighted by Crippen LogP contribution is -2.34. The molecule has 0 aliphatic carbocycles. The average molecular weight is 283 g/mol. The summed E-state index contributed by atoms with van der Waals surface area (Å²) in [7, 11) is 0. The fourth-order valence-electron chi connectivity index (χ4n) is 2.41. The van der Waals surface area contributed by atoms with Crippen molar-refractivity contribution in [3.8, 4) is 5.75 Å². The molecular formula is C19H25NO. The van der Waals surface area contributed by atoms with Gasteiger partial charge in [-0.25, -0.2) is 0 Å². The van der Waals surface area contributed by atoms with Crippen LogP contribution in [0.5, 0.6) is 5.75 Å². The third-order valence-corrected chi connectivity index (χ3v) is 3.79. The van der Waals surface area contributed by atoms with Gasteiger partial charge in [0.05, 0.1) is 11.6 Å². The summed E-state index contributed by atoms with van der Waals surface area (Å²) in [4.78, 5) is 0. The molecule has 0 fully saturated rings. The Bertz CT molecular complexity index is 568. The number of hydrogen-bond acceptors (Lipinski definition) is 2. The van der Waals surface area contributed by atoms with Crippen molar-refractivity contribution >= 4 is 0 Å². The van der Waals surface area contributed by atoms with Gasteiger partial charge in [0, 0.05) is 0 Å². The minimum atomic E-state index is -0.497. The molecule has 2 nitrogen and oxygen atoms in total. The highest BCUT2D eigenvalue weighted by molar-refractivity contribution is 5.40. The molecule has 0 saturated heterocycles. The van der Waals surface area contributed by atoms with Gasteiger partial charge in [-0.1, -0.05) is 43.3 Å². The zero-order chi connectivity index (χ0) is 15.5. The van der Waals surface area contributed by atoms with Crippen molar-refractivity contribution in [1.82, 2.24) is 0 Å². The second-order valence-corrected chi connectivity index (χ2v) is 5.94. The van der Waals surface area contributed by atoms with Gasteiger partial charge >= 0.3 is 0 Å². The number of nitrogens with two attached hydrogens (primary N) is 1. The summed E-state index contributed by atoms with van der Waals surface area (Å²) in [6.07, 6.45) is 1.23. The summed E-state index contributed by atoms with van der Waals surface area (Å²) in [6, 6.07) is 16.6. The molecule has 1 unspecified atom stereocenters. The molecule has 0 aliphatic rings. The lowest BCUT2D eigenvalue weighted by Gasteiger charge is -2.26. The van der Waals surface area contributed by atoms with E-state index in [0.29, 0.717) is 0 Å². The molecule has 112 valence electrons. The van der Waals surface area contributed by atoms with Gasteiger partial charge in [-0.3, -0.25) is 0 Å². The molecule has 0 saturated carbocycles. The number of rotatable bonds is 5. The Kier molecular flexibility index (Phi) is 4.69. The van der Waals surface area contributed by atoms with Crippen LogP contribution in [0, 0.1) is 0 Å². The summed E-state index contributed by atoms with van der Waals surface area (Å²) in [5.41, 5.74) is 9.60. The Hall–Kier alpha value is -1.80. The van der Waals surface area contributed by atoms with Crippen molar-refractivity contribution in [1.29, 1.82) is 0 Å². The second kappa shape index (κ2) is 6.31. The maximum Gasteiger partial charge on any atom is 0.119 e. The first-order chi connectivity index (χ1) is 9.93. The maximum absolute atomic E-state index is 6.56. The van der Waals surface area contributed by atoms with Crippen LogP contribution in [0.1, 0.15) is 44.4 Å². The molecule has 0 spiro atoms. The number of ether oxygens (including phenoxy) is 1. The molecule has 0 radical (unpaired) electrons. The molecule has 0 bridgehead atoms. The Morgan fingerprint density at radius 1 is 0.952 bits per heavy atom. The third kappa shape index (κ3) is 3.64. The SMILES string of the molecule is CCc1ccc(C(C)(N)c2ccc(OC(C)C)cc2)cc1. The Balaban J connectivity index is 2.25. The van der Waals surface area contributed by atoms with Crippen molar-refractivity contribution in [2.24, 2.45) is 5.73 Å². The fourth-order valence-corrected chi connectivity index (χ4v) is 2.41. The molecule has 0 heterocycles. The van der Waals surface area contributed by atoms with Crippen molar-refractivity contribution in [3.63, 3.8) is 0 Å². The first-order valence-electron chi connectivity index (χ1n) is 7.59. The van der Waals surface area contributed by atoms with E-state index < -0.39 is 5.54 Å². The molecule has 1 atom stereocenters. The molecule has 2 aromatic rings. The van der Waals surface area contributed by atoms with Crippen LogP contribution in [0.3, 0.4) is 0 Å². The van der Waals surface area contributed by atoms with Crippen LogP contribution in [0.4, 0.5) is 0 Å². The van der Waals surface area contributed by atoms with Crippen LogP contribution in [0.25, 0.3) is 0 Å². The molecule has 2 rings (SSSR count). The van der Waals surface area contributed by atoms with E-state index in [2.05, 4.69) is 31.2 Å². The monoisotopic (exact) mass is 283 g/mol. The summed E-state index contributed by atoms with van der Waals surface area (Å²) < 4.78 is 5.68. The highest BCUT2D eigenvalue weighted by Gasteiger charge is 2.23. The molecule has 21 heavy (non-hydrogen) atoms. The highest BCUT2D eigenvalue weighted by Crippen LogP contribution is 2.28. The predicted octanol–water partition coefficient (Wildman–Crippen LogP) is 4.26. The molecule has 2 N–H and O–H groups in total.